The van der Waals surface area contributed by atoms with Gasteiger partial charge in [-0.25, -0.2) is 4.98 Å². The third-order valence-electron chi connectivity index (χ3n) is 2.41. The van der Waals surface area contributed by atoms with E-state index in [1.54, 1.807) is 29.1 Å². The standard InChI is InChI=1S/C11H12N2O3/c14-6-8-4-13(5-9(16)7-15)11-10(8)2-1-3-12-11/h1-4,6,9,15-16H,5,7H2. The van der Waals surface area contributed by atoms with E-state index in [0.29, 0.717) is 11.2 Å². The van der Waals surface area contributed by atoms with Crippen molar-refractivity contribution in [1.82, 2.24) is 9.55 Å². The molecule has 1 atom stereocenters. The number of pyridine rings is 1. The Morgan fingerprint density at radius 1 is 1.56 bits per heavy atom. The molecule has 2 aromatic heterocycles. The number of aldehydes is 1. The van der Waals surface area contributed by atoms with Gasteiger partial charge in [-0.1, -0.05) is 0 Å². The number of hydrogen-bond acceptors (Lipinski definition) is 4. The fourth-order valence-corrected chi connectivity index (χ4v) is 1.67. The summed E-state index contributed by atoms with van der Waals surface area (Å²) in [4.78, 5) is 15.0. The van der Waals surface area contributed by atoms with E-state index in [0.717, 1.165) is 11.7 Å². The molecule has 0 radical (unpaired) electrons. The van der Waals surface area contributed by atoms with E-state index in [9.17, 15) is 9.90 Å². The molecule has 5 heteroatoms. The number of aromatic nitrogens is 2. The minimum absolute atomic E-state index is 0.220. The zero-order valence-electron chi connectivity index (χ0n) is 8.58. The number of fused-ring (bicyclic) bond motifs is 1. The van der Waals surface area contributed by atoms with Gasteiger partial charge < -0.3 is 14.8 Å². The highest BCUT2D eigenvalue weighted by Gasteiger charge is 2.11. The SMILES string of the molecule is O=Cc1cn(CC(O)CO)c2ncccc12. The van der Waals surface area contributed by atoms with E-state index in [1.165, 1.54) is 0 Å². The molecule has 2 rings (SSSR count). The van der Waals surface area contributed by atoms with Crippen molar-refractivity contribution in [2.45, 2.75) is 12.6 Å². The highest BCUT2D eigenvalue weighted by atomic mass is 16.3. The maximum Gasteiger partial charge on any atom is 0.152 e. The Morgan fingerprint density at radius 2 is 2.38 bits per heavy atom. The van der Waals surface area contributed by atoms with Gasteiger partial charge in [0, 0.05) is 23.3 Å². The van der Waals surface area contributed by atoms with Crippen molar-refractivity contribution in [2.24, 2.45) is 0 Å². The molecule has 0 fully saturated rings. The molecule has 0 aliphatic carbocycles. The summed E-state index contributed by atoms with van der Waals surface area (Å²) in [6, 6.07) is 3.55. The first-order valence-corrected chi connectivity index (χ1v) is 4.94. The summed E-state index contributed by atoms with van der Waals surface area (Å²) in [5.41, 5.74) is 1.17. The Morgan fingerprint density at radius 3 is 3.06 bits per heavy atom. The Bertz CT molecular complexity index is 507. The second-order valence-electron chi connectivity index (χ2n) is 3.57. The van der Waals surface area contributed by atoms with Crippen LogP contribution in [-0.4, -0.2) is 38.8 Å². The van der Waals surface area contributed by atoms with Gasteiger partial charge in [0.25, 0.3) is 0 Å². The molecule has 2 N–H and O–H groups in total. The number of carbonyl (C=O) groups excluding carboxylic acids is 1. The molecule has 84 valence electrons. The lowest BCUT2D eigenvalue weighted by atomic mass is 10.2. The average Bonchev–Trinajstić information content (AvgIpc) is 2.68. The summed E-state index contributed by atoms with van der Waals surface area (Å²) >= 11 is 0. The maximum absolute atomic E-state index is 10.8. The smallest absolute Gasteiger partial charge is 0.152 e. The lowest BCUT2D eigenvalue weighted by molar-refractivity contribution is 0.0820. The number of aliphatic hydroxyl groups excluding tert-OH is 2. The molecule has 2 aromatic rings. The molecule has 16 heavy (non-hydrogen) atoms. The minimum atomic E-state index is -0.850. The summed E-state index contributed by atoms with van der Waals surface area (Å²) in [6.07, 6.45) is 3.16. The first-order chi connectivity index (χ1) is 7.76. The third kappa shape index (κ3) is 1.82. The number of aliphatic hydroxyl groups is 2. The molecular formula is C11H12N2O3. The van der Waals surface area contributed by atoms with Crippen molar-refractivity contribution in [1.29, 1.82) is 0 Å². The predicted octanol–water partition coefficient (Wildman–Crippen LogP) is 0.202. The van der Waals surface area contributed by atoms with Crippen LogP contribution in [0.5, 0.6) is 0 Å². The Hall–Kier alpha value is -1.72. The fraction of sp³-hybridized carbons (Fsp3) is 0.273. The van der Waals surface area contributed by atoms with Crippen molar-refractivity contribution in [3.05, 3.63) is 30.1 Å². The quantitative estimate of drug-likeness (QED) is 0.722. The summed E-state index contributed by atoms with van der Waals surface area (Å²) < 4.78 is 1.67. The lowest BCUT2D eigenvalue weighted by Crippen LogP contribution is -2.19. The van der Waals surface area contributed by atoms with Gasteiger partial charge in [0.05, 0.1) is 19.3 Å². The second kappa shape index (κ2) is 4.42. The van der Waals surface area contributed by atoms with Crippen LogP contribution < -0.4 is 0 Å². The first kappa shape index (κ1) is 10.8. The van der Waals surface area contributed by atoms with Crippen LogP contribution in [0.3, 0.4) is 0 Å². The largest absolute Gasteiger partial charge is 0.394 e. The highest BCUT2D eigenvalue weighted by Crippen LogP contribution is 2.17. The summed E-state index contributed by atoms with van der Waals surface area (Å²) in [5, 5.41) is 18.9. The van der Waals surface area contributed by atoms with Crippen molar-refractivity contribution >= 4 is 17.3 Å². The fourth-order valence-electron chi connectivity index (χ4n) is 1.67. The van der Waals surface area contributed by atoms with Crippen LogP contribution in [0, 0.1) is 0 Å². The molecule has 0 saturated carbocycles. The monoisotopic (exact) mass is 220 g/mol. The molecule has 0 aliphatic rings. The Kier molecular flexibility index (Phi) is 2.98. The molecule has 5 nitrogen and oxygen atoms in total. The van der Waals surface area contributed by atoms with Gasteiger partial charge in [-0.05, 0) is 12.1 Å². The summed E-state index contributed by atoms with van der Waals surface area (Å²) in [5.74, 6) is 0. The van der Waals surface area contributed by atoms with Crippen LogP contribution in [0.4, 0.5) is 0 Å². The summed E-state index contributed by atoms with van der Waals surface area (Å²) in [6.45, 7) is -0.0964. The number of carbonyl (C=O) groups is 1. The lowest BCUT2D eigenvalue weighted by Gasteiger charge is -2.08. The van der Waals surface area contributed by atoms with E-state index in [-0.39, 0.29) is 13.2 Å². The van der Waals surface area contributed by atoms with E-state index in [4.69, 9.17) is 5.11 Å². The molecule has 1 unspecified atom stereocenters. The van der Waals surface area contributed by atoms with Crippen molar-refractivity contribution in [2.75, 3.05) is 6.61 Å². The second-order valence-corrected chi connectivity index (χ2v) is 3.57. The van der Waals surface area contributed by atoms with Gasteiger partial charge in [0.15, 0.2) is 6.29 Å². The number of nitrogens with zero attached hydrogens (tertiary/aromatic N) is 2. The van der Waals surface area contributed by atoms with Gasteiger partial charge >= 0.3 is 0 Å². The molecule has 0 aromatic carbocycles. The van der Waals surface area contributed by atoms with Gasteiger partial charge in [-0.3, -0.25) is 4.79 Å². The zero-order chi connectivity index (χ0) is 11.5. The van der Waals surface area contributed by atoms with Crippen LogP contribution in [0.15, 0.2) is 24.5 Å². The molecular weight excluding hydrogens is 208 g/mol. The van der Waals surface area contributed by atoms with Crippen LogP contribution >= 0.6 is 0 Å². The normalized spacial score (nSPS) is 12.9. The predicted molar refractivity (Wildman–Crippen MR) is 58.2 cm³/mol. The maximum atomic E-state index is 10.8. The molecule has 0 spiro atoms. The molecule has 0 saturated heterocycles. The number of hydrogen-bond donors (Lipinski definition) is 2. The zero-order valence-corrected chi connectivity index (χ0v) is 8.58. The van der Waals surface area contributed by atoms with Gasteiger partial charge in [-0.2, -0.15) is 0 Å². The van der Waals surface area contributed by atoms with Gasteiger partial charge in [-0.15, -0.1) is 0 Å². The molecule has 0 aliphatic heterocycles. The third-order valence-corrected chi connectivity index (χ3v) is 2.41. The summed E-state index contributed by atoms with van der Waals surface area (Å²) in [7, 11) is 0. The highest BCUT2D eigenvalue weighted by molar-refractivity contribution is 5.95. The number of rotatable bonds is 4. The van der Waals surface area contributed by atoms with E-state index in [1.807, 2.05) is 0 Å². The van der Waals surface area contributed by atoms with Crippen LogP contribution in [0.2, 0.25) is 0 Å². The average molecular weight is 220 g/mol. The Labute approximate surface area is 92.0 Å². The van der Waals surface area contributed by atoms with Crippen molar-refractivity contribution in [3.8, 4) is 0 Å². The minimum Gasteiger partial charge on any atom is -0.394 e. The van der Waals surface area contributed by atoms with Crippen LogP contribution in [0.25, 0.3) is 11.0 Å². The van der Waals surface area contributed by atoms with E-state index in [2.05, 4.69) is 4.98 Å². The van der Waals surface area contributed by atoms with Gasteiger partial charge in [0.1, 0.15) is 5.65 Å². The van der Waals surface area contributed by atoms with Gasteiger partial charge in [0.2, 0.25) is 0 Å². The topological polar surface area (TPSA) is 75.4 Å². The molecule has 2 heterocycles. The molecule has 0 amide bonds. The molecule has 0 bridgehead atoms. The Balaban J connectivity index is 2.49. The van der Waals surface area contributed by atoms with E-state index >= 15 is 0 Å². The van der Waals surface area contributed by atoms with Crippen LogP contribution in [0.1, 0.15) is 10.4 Å². The first-order valence-electron chi connectivity index (χ1n) is 4.94. The van der Waals surface area contributed by atoms with E-state index < -0.39 is 6.10 Å². The van der Waals surface area contributed by atoms with Crippen molar-refractivity contribution in [3.63, 3.8) is 0 Å². The van der Waals surface area contributed by atoms with Crippen molar-refractivity contribution < 1.29 is 15.0 Å². The van der Waals surface area contributed by atoms with Crippen LogP contribution in [-0.2, 0) is 6.54 Å².